The fourth-order valence-corrected chi connectivity index (χ4v) is 1.20. The molecule has 0 fully saturated rings. The standard InChI is InChI=1S/C14H22O6/c1-17-13(15)7-11-19-9-5-3-4-6-10-20-12-8-14(16)18-2/h7-8,11-12H,3-6,9-10H2,1-2H3/b11-7+,12-8+. The summed E-state index contributed by atoms with van der Waals surface area (Å²) in [6.45, 7) is 1.13. The van der Waals surface area contributed by atoms with E-state index in [9.17, 15) is 9.59 Å². The number of esters is 2. The summed E-state index contributed by atoms with van der Waals surface area (Å²) in [6, 6.07) is 0. The average molecular weight is 286 g/mol. The van der Waals surface area contributed by atoms with Crippen molar-refractivity contribution in [1.82, 2.24) is 0 Å². The second-order valence-corrected chi connectivity index (χ2v) is 3.81. The molecule has 0 saturated carbocycles. The Balaban J connectivity index is 3.25. The van der Waals surface area contributed by atoms with Crippen LogP contribution in [0.15, 0.2) is 24.7 Å². The first-order valence-electron chi connectivity index (χ1n) is 6.43. The second kappa shape index (κ2) is 13.5. The van der Waals surface area contributed by atoms with Gasteiger partial charge in [0.2, 0.25) is 0 Å². The normalized spacial score (nSPS) is 10.7. The first kappa shape index (κ1) is 18.0. The van der Waals surface area contributed by atoms with Gasteiger partial charge in [0.25, 0.3) is 0 Å². The maximum absolute atomic E-state index is 10.7. The molecule has 0 radical (unpaired) electrons. The minimum Gasteiger partial charge on any atom is -0.501 e. The predicted octanol–water partition coefficient (Wildman–Crippen LogP) is 1.95. The largest absolute Gasteiger partial charge is 0.501 e. The predicted molar refractivity (Wildman–Crippen MR) is 72.7 cm³/mol. The maximum atomic E-state index is 10.7. The number of unbranched alkanes of at least 4 members (excludes halogenated alkanes) is 3. The smallest absolute Gasteiger partial charge is 0.333 e. The van der Waals surface area contributed by atoms with E-state index in [-0.39, 0.29) is 0 Å². The Hall–Kier alpha value is -1.98. The van der Waals surface area contributed by atoms with Crippen molar-refractivity contribution in [3.05, 3.63) is 24.7 Å². The molecular weight excluding hydrogens is 264 g/mol. The van der Waals surface area contributed by atoms with E-state index in [1.54, 1.807) is 0 Å². The number of carbonyl (C=O) groups excluding carboxylic acids is 2. The summed E-state index contributed by atoms with van der Waals surface area (Å²) >= 11 is 0. The van der Waals surface area contributed by atoms with Gasteiger partial charge < -0.3 is 18.9 Å². The molecular formula is C14H22O6. The fraction of sp³-hybridized carbons (Fsp3) is 0.571. The van der Waals surface area contributed by atoms with Crippen molar-refractivity contribution in [2.75, 3.05) is 27.4 Å². The van der Waals surface area contributed by atoms with Gasteiger partial charge in [-0.1, -0.05) is 0 Å². The summed E-state index contributed by atoms with van der Waals surface area (Å²) in [5, 5.41) is 0. The molecule has 0 atom stereocenters. The van der Waals surface area contributed by atoms with Gasteiger partial charge in [-0.05, 0) is 25.7 Å². The first-order chi connectivity index (χ1) is 9.70. The Kier molecular flexibility index (Phi) is 12.1. The highest BCUT2D eigenvalue weighted by Gasteiger charge is 1.93. The summed E-state index contributed by atoms with van der Waals surface area (Å²) in [5.74, 6) is -0.857. The number of hydrogen-bond acceptors (Lipinski definition) is 6. The Morgan fingerprint density at radius 3 is 1.50 bits per heavy atom. The van der Waals surface area contributed by atoms with Crippen LogP contribution in [-0.2, 0) is 28.5 Å². The summed E-state index contributed by atoms with van der Waals surface area (Å²) in [6.07, 6.45) is 8.99. The average Bonchev–Trinajstić information content (AvgIpc) is 2.47. The summed E-state index contributed by atoms with van der Waals surface area (Å²) < 4.78 is 19.0. The van der Waals surface area contributed by atoms with E-state index in [1.807, 2.05) is 0 Å². The molecule has 0 saturated heterocycles. The minimum absolute atomic E-state index is 0.429. The second-order valence-electron chi connectivity index (χ2n) is 3.81. The van der Waals surface area contributed by atoms with E-state index in [2.05, 4.69) is 9.47 Å². The third-order valence-corrected chi connectivity index (χ3v) is 2.28. The first-order valence-corrected chi connectivity index (χ1v) is 6.43. The molecule has 114 valence electrons. The molecule has 0 aliphatic heterocycles. The van der Waals surface area contributed by atoms with Crippen LogP contribution in [-0.4, -0.2) is 39.4 Å². The van der Waals surface area contributed by atoms with Crippen LogP contribution in [0.5, 0.6) is 0 Å². The number of carbonyl (C=O) groups is 2. The highest BCUT2D eigenvalue weighted by Crippen LogP contribution is 2.01. The lowest BCUT2D eigenvalue weighted by Crippen LogP contribution is -1.96. The fourth-order valence-electron chi connectivity index (χ4n) is 1.20. The molecule has 0 amide bonds. The van der Waals surface area contributed by atoms with Crippen LogP contribution in [0.4, 0.5) is 0 Å². The zero-order valence-electron chi connectivity index (χ0n) is 12.0. The molecule has 6 heteroatoms. The van der Waals surface area contributed by atoms with E-state index in [0.29, 0.717) is 13.2 Å². The highest BCUT2D eigenvalue weighted by molar-refractivity contribution is 5.81. The van der Waals surface area contributed by atoms with Gasteiger partial charge in [0, 0.05) is 0 Å². The molecule has 0 aromatic heterocycles. The number of ether oxygens (including phenoxy) is 4. The third kappa shape index (κ3) is 12.5. The van der Waals surface area contributed by atoms with Crippen LogP contribution in [0.3, 0.4) is 0 Å². The molecule has 0 aromatic rings. The number of rotatable bonds is 11. The van der Waals surface area contributed by atoms with E-state index in [1.165, 1.54) is 38.9 Å². The van der Waals surface area contributed by atoms with Gasteiger partial charge in [0.15, 0.2) is 0 Å². The van der Waals surface area contributed by atoms with Crippen LogP contribution in [0.25, 0.3) is 0 Å². The molecule has 0 N–H and O–H groups in total. The topological polar surface area (TPSA) is 71.1 Å². The number of hydrogen-bond donors (Lipinski definition) is 0. The Morgan fingerprint density at radius 1 is 0.750 bits per heavy atom. The van der Waals surface area contributed by atoms with Crippen LogP contribution < -0.4 is 0 Å². The van der Waals surface area contributed by atoms with Crippen LogP contribution in [0.2, 0.25) is 0 Å². The van der Waals surface area contributed by atoms with E-state index < -0.39 is 11.9 Å². The van der Waals surface area contributed by atoms with Gasteiger partial charge in [-0.2, -0.15) is 0 Å². The SMILES string of the molecule is COC(=O)/C=C/OCCCCCCO/C=C/C(=O)OC. The van der Waals surface area contributed by atoms with Crippen molar-refractivity contribution >= 4 is 11.9 Å². The molecule has 0 bridgehead atoms. The van der Waals surface area contributed by atoms with Gasteiger partial charge in [-0.25, -0.2) is 9.59 Å². The molecule has 20 heavy (non-hydrogen) atoms. The Morgan fingerprint density at radius 2 is 1.15 bits per heavy atom. The maximum Gasteiger partial charge on any atom is 0.333 e. The van der Waals surface area contributed by atoms with Crippen LogP contribution in [0, 0.1) is 0 Å². The molecule has 0 rings (SSSR count). The van der Waals surface area contributed by atoms with Crippen molar-refractivity contribution in [1.29, 1.82) is 0 Å². The molecule has 0 unspecified atom stereocenters. The van der Waals surface area contributed by atoms with E-state index in [0.717, 1.165) is 25.7 Å². The summed E-state index contributed by atoms with van der Waals surface area (Å²) in [5.41, 5.74) is 0. The van der Waals surface area contributed by atoms with Crippen molar-refractivity contribution in [2.24, 2.45) is 0 Å². The quantitative estimate of drug-likeness (QED) is 0.250. The molecule has 0 aromatic carbocycles. The van der Waals surface area contributed by atoms with E-state index in [4.69, 9.17) is 9.47 Å². The van der Waals surface area contributed by atoms with Crippen molar-refractivity contribution < 1.29 is 28.5 Å². The monoisotopic (exact) mass is 286 g/mol. The van der Waals surface area contributed by atoms with Crippen molar-refractivity contribution in [2.45, 2.75) is 25.7 Å². The third-order valence-electron chi connectivity index (χ3n) is 2.28. The molecule has 0 aliphatic carbocycles. The van der Waals surface area contributed by atoms with Gasteiger partial charge >= 0.3 is 11.9 Å². The van der Waals surface area contributed by atoms with Crippen LogP contribution in [0.1, 0.15) is 25.7 Å². The zero-order chi connectivity index (χ0) is 15.1. The summed E-state index contributed by atoms with van der Waals surface area (Å²) in [7, 11) is 2.63. The lowest BCUT2D eigenvalue weighted by molar-refractivity contribution is -0.135. The lowest BCUT2D eigenvalue weighted by Gasteiger charge is -2.02. The van der Waals surface area contributed by atoms with Gasteiger partial charge in [-0.15, -0.1) is 0 Å². The van der Waals surface area contributed by atoms with Gasteiger partial charge in [0.1, 0.15) is 0 Å². The lowest BCUT2D eigenvalue weighted by atomic mass is 10.2. The molecule has 0 aliphatic rings. The zero-order valence-corrected chi connectivity index (χ0v) is 12.0. The minimum atomic E-state index is -0.429. The molecule has 0 spiro atoms. The van der Waals surface area contributed by atoms with Crippen molar-refractivity contribution in [3.8, 4) is 0 Å². The highest BCUT2D eigenvalue weighted by atomic mass is 16.5. The summed E-state index contributed by atoms with van der Waals surface area (Å²) in [4.78, 5) is 21.4. The van der Waals surface area contributed by atoms with E-state index >= 15 is 0 Å². The molecule has 0 heterocycles. The van der Waals surface area contributed by atoms with Gasteiger partial charge in [0.05, 0.1) is 52.1 Å². The van der Waals surface area contributed by atoms with Crippen LogP contribution >= 0.6 is 0 Å². The molecule has 6 nitrogen and oxygen atoms in total. The Labute approximate surface area is 119 Å². The number of methoxy groups -OCH3 is 2. The Bertz CT molecular complexity index is 290. The van der Waals surface area contributed by atoms with Gasteiger partial charge in [-0.3, -0.25) is 0 Å². The van der Waals surface area contributed by atoms with Crippen molar-refractivity contribution in [3.63, 3.8) is 0 Å².